The van der Waals surface area contributed by atoms with Gasteiger partial charge in [-0.25, -0.2) is 0 Å². The second kappa shape index (κ2) is 9.00. The maximum Gasteiger partial charge on any atom is 0.277 e. The van der Waals surface area contributed by atoms with Crippen molar-refractivity contribution in [2.75, 3.05) is 31.3 Å². The molecular weight excluding hydrogens is 388 g/mol. The first kappa shape index (κ1) is 19.3. The molecule has 2 aromatic carbocycles. The van der Waals surface area contributed by atoms with E-state index in [1.165, 1.54) is 11.8 Å². The van der Waals surface area contributed by atoms with Crippen LogP contribution in [0.4, 0.5) is 5.69 Å². The van der Waals surface area contributed by atoms with E-state index in [-0.39, 0.29) is 17.7 Å². The Balaban J connectivity index is 1.27. The second-order valence-electron chi connectivity index (χ2n) is 6.73. The minimum atomic E-state index is 0.0801. The Labute approximate surface area is 173 Å². The van der Waals surface area contributed by atoms with Gasteiger partial charge in [0.2, 0.25) is 11.8 Å². The first-order valence-corrected chi connectivity index (χ1v) is 10.4. The molecule has 1 amide bonds. The quantitative estimate of drug-likeness (QED) is 0.597. The summed E-state index contributed by atoms with van der Waals surface area (Å²) in [5.41, 5.74) is 1.89. The zero-order valence-corrected chi connectivity index (χ0v) is 16.9. The molecule has 0 aliphatic carbocycles. The van der Waals surface area contributed by atoms with Crippen LogP contribution in [0, 0.1) is 0 Å². The summed E-state index contributed by atoms with van der Waals surface area (Å²) in [7, 11) is 1.62. The smallest absolute Gasteiger partial charge is 0.277 e. The summed E-state index contributed by atoms with van der Waals surface area (Å²) in [5, 5.41) is 12.0. The van der Waals surface area contributed by atoms with Crippen molar-refractivity contribution >= 4 is 23.4 Å². The van der Waals surface area contributed by atoms with Crippen LogP contribution < -0.4 is 10.1 Å². The van der Waals surface area contributed by atoms with E-state index >= 15 is 0 Å². The van der Waals surface area contributed by atoms with Gasteiger partial charge in [-0.05, 0) is 42.8 Å². The standard InChI is InChI=1S/C21H22N4O3S/c1-27-18-9-7-15(8-10-18)20-23-24-21(28-20)29-14-19(26)25-12-11-17(13-25)22-16-5-3-2-4-6-16/h2-10,17,22H,11-14H2,1H3. The van der Waals surface area contributed by atoms with Crippen LogP contribution >= 0.6 is 11.8 Å². The highest BCUT2D eigenvalue weighted by molar-refractivity contribution is 7.99. The number of amides is 1. The topological polar surface area (TPSA) is 80.5 Å². The number of ether oxygens (including phenoxy) is 1. The third-order valence-corrected chi connectivity index (χ3v) is 5.55. The summed E-state index contributed by atoms with van der Waals surface area (Å²) in [6.07, 6.45) is 0.938. The number of para-hydroxylation sites is 1. The first-order chi connectivity index (χ1) is 14.2. The van der Waals surface area contributed by atoms with E-state index in [4.69, 9.17) is 9.15 Å². The van der Waals surface area contributed by atoms with Crippen LogP contribution in [0.15, 0.2) is 64.2 Å². The van der Waals surface area contributed by atoms with Crippen molar-refractivity contribution in [3.05, 3.63) is 54.6 Å². The van der Waals surface area contributed by atoms with Crippen molar-refractivity contribution in [1.29, 1.82) is 0 Å². The molecule has 0 radical (unpaired) electrons. The van der Waals surface area contributed by atoms with Gasteiger partial charge >= 0.3 is 0 Å². The van der Waals surface area contributed by atoms with Crippen LogP contribution in [-0.2, 0) is 4.79 Å². The predicted octanol–water partition coefficient (Wildman–Crippen LogP) is 3.55. The molecule has 0 saturated carbocycles. The van der Waals surface area contributed by atoms with Gasteiger partial charge in [0, 0.05) is 30.4 Å². The van der Waals surface area contributed by atoms with Crippen LogP contribution in [0.5, 0.6) is 5.75 Å². The van der Waals surface area contributed by atoms with Gasteiger partial charge in [-0.15, -0.1) is 10.2 Å². The van der Waals surface area contributed by atoms with E-state index in [0.717, 1.165) is 30.0 Å². The number of carbonyl (C=O) groups is 1. The number of benzene rings is 2. The lowest BCUT2D eigenvalue weighted by molar-refractivity contribution is -0.127. The molecule has 0 spiro atoms. The third kappa shape index (κ3) is 4.89. The molecule has 0 bridgehead atoms. The number of nitrogens with one attached hydrogen (secondary N) is 1. The highest BCUT2D eigenvalue weighted by atomic mass is 32.2. The molecule has 1 N–H and O–H groups in total. The molecular formula is C21H22N4O3S. The van der Waals surface area contributed by atoms with E-state index in [2.05, 4.69) is 15.5 Å². The molecule has 2 heterocycles. The Morgan fingerprint density at radius 3 is 2.76 bits per heavy atom. The number of hydrogen-bond donors (Lipinski definition) is 1. The summed E-state index contributed by atoms with van der Waals surface area (Å²) in [6, 6.07) is 17.7. The maximum absolute atomic E-state index is 12.5. The molecule has 1 aromatic heterocycles. The monoisotopic (exact) mass is 410 g/mol. The number of anilines is 1. The molecule has 1 fully saturated rings. The summed E-state index contributed by atoms with van der Waals surface area (Å²) in [5.74, 6) is 1.55. The normalized spacial score (nSPS) is 16.0. The van der Waals surface area contributed by atoms with Gasteiger partial charge in [0.25, 0.3) is 5.22 Å². The molecule has 150 valence electrons. The van der Waals surface area contributed by atoms with Gasteiger partial charge in [-0.1, -0.05) is 30.0 Å². The number of carbonyl (C=O) groups excluding carboxylic acids is 1. The molecule has 29 heavy (non-hydrogen) atoms. The highest BCUT2D eigenvalue weighted by Gasteiger charge is 2.26. The Bertz CT molecular complexity index is 946. The average molecular weight is 410 g/mol. The number of rotatable bonds is 7. The number of likely N-dealkylation sites (tertiary alicyclic amines) is 1. The molecule has 7 nitrogen and oxygen atoms in total. The van der Waals surface area contributed by atoms with E-state index in [9.17, 15) is 4.79 Å². The van der Waals surface area contributed by atoms with Crippen molar-refractivity contribution in [3.63, 3.8) is 0 Å². The van der Waals surface area contributed by atoms with Crippen LogP contribution in [0.3, 0.4) is 0 Å². The molecule has 1 atom stereocenters. The van der Waals surface area contributed by atoms with E-state index in [1.807, 2.05) is 59.5 Å². The number of methoxy groups -OCH3 is 1. The fourth-order valence-corrected chi connectivity index (χ4v) is 3.87. The fraction of sp³-hybridized carbons (Fsp3) is 0.286. The number of nitrogens with zero attached hydrogens (tertiary/aromatic N) is 3. The number of hydrogen-bond acceptors (Lipinski definition) is 7. The predicted molar refractivity (Wildman–Crippen MR) is 112 cm³/mol. The summed E-state index contributed by atoms with van der Waals surface area (Å²) in [6.45, 7) is 1.46. The minimum Gasteiger partial charge on any atom is -0.497 e. The van der Waals surface area contributed by atoms with Crippen molar-refractivity contribution in [2.45, 2.75) is 17.7 Å². The summed E-state index contributed by atoms with van der Waals surface area (Å²) < 4.78 is 10.8. The van der Waals surface area contributed by atoms with Crippen LogP contribution in [-0.4, -0.2) is 53.0 Å². The molecule has 1 saturated heterocycles. The van der Waals surface area contributed by atoms with Crippen LogP contribution in [0.1, 0.15) is 6.42 Å². The first-order valence-electron chi connectivity index (χ1n) is 9.41. The number of thioether (sulfide) groups is 1. The second-order valence-corrected chi connectivity index (χ2v) is 7.65. The van der Waals surface area contributed by atoms with Crippen molar-refractivity contribution < 1.29 is 13.9 Å². The van der Waals surface area contributed by atoms with Crippen molar-refractivity contribution in [3.8, 4) is 17.2 Å². The zero-order chi connectivity index (χ0) is 20.1. The van der Waals surface area contributed by atoms with Crippen LogP contribution in [0.2, 0.25) is 0 Å². The highest BCUT2D eigenvalue weighted by Crippen LogP contribution is 2.25. The minimum absolute atomic E-state index is 0.0801. The van der Waals surface area contributed by atoms with Crippen molar-refractivity contribution in [2.24, 2.45) is 0 Å². The zero-order valence-electron chi connectivity index (χ0n) is 16.1. The molecule has 1 aliphatic heterocycles. The molecule has 1 aliphatic rings. The summed E-state index contributed by atoms with van der Waals surface area (Å²) >= 11 is 1.27. The van der Waals surface area contributed by atoms with Crippen molar-refractivity contribution in [1.82, 2.24) is 15.1 Å². The lowest BCUT2D eigenvalue weighted by Gasteiger charge is -2.17. The van der Waals surface area contributed by atoms with Gasteiger partial charge in [-0.2, -0.15) is 0 Å². The van der Waals surface area contributed by atoms with E-state index < -0.39 is 0 Å². The lowest BCUT2D eigenvalue weighted by Crippen LogP contribution is -2.32. The molecule has 3 aromatic rings. The van der Waals surface area contributed by atoms with Gasteiger partial charge in [0.1, 0.15) is 5.75 Å². The molecule has 1 unspecified atom stereocenters. The van der Waals surface area contributed by atoms with Gasteiger partial charge in [0.05, 0.1) is 12.9 Å². The van der Waals surface area contributed by atoms with E-state index in [0.29, 0.717) is 17.7 Å². The summed E-state index contributed by atoms with van der Waals surface area (Å²) in [4.78, 5) is 14.4. The average Bonchev–Trinajstić information content (AvgIpc) is 3.43. The van der Waals surface area contributed by atoms with Gasteiger partial charge < -0.3 is 19.4 Å². The largest absolute Gasteiger partial charge is 0.497 e. The maximum atomic E-state index is 12.5. The van der Waals surface area contributed by atoms with E-state index in [1.54, 1.807) is 7.11 Å². The Kier molecular flexibility index (Phi) is 6.00. The molecule has 8 heteroatoms. The van der Waals surface area contributed by atoms with Gasteiger partial charge in [-0.3, -0.25) is 4.79 Å². The Hall–Kier alpha value is -3.00. The Morgan fingerprint density at radius 1 is 1.21 bits per heavy atom. The van der Waals surface area contributed by atoms with Gasteiger partial charge in [0.15, 0.2) is 0 Å². The third-order valence-electron chi connectivity index (χ3n) is 4.75. The van der Waals surface area contributed by atoms with Crippen LogP contribution in [0.25, 0.3) is 11.5 Å². The SMILES string of the molecule is COc1ccc(-c2nnc(SCC(=O)N3CCC(Nc4ccccc4)C3)o2)cc1. The Morgan fingerprint density at radius 2 is 2.00 bits per heavy atom. The number of aromatic nitrogens is 2. The molecule has 4 rings (SSSR count). The lowest BCUT2D eigenvalue weighted by atomic mass is 10.2. The fourth-order valence-electron chi connectivity index (χ4n) is 3.21.